The molecule has 248 valence electrons. The molecule has 2 heterocycles. The number of hydrogen-bond acceptors (Lipinski definition) is 9. The predicted molar refractivity (Wildman–Crippen MR) is 179 cm³/mol. The van der Waals surface area contributed by atoms with Crippen molar-refractivity contribution < 1.29 is 42.7 Å². The van der Waals surface area contributed by atoms with Crippen LogP contribution in [-0.2, 0) is 27.3 Å². The monoisotopic (exact) mass is 651 g/mol. The summed E-state index contributed by atoms with van der Waals surface area (Å²) in [6.07, 6.45) is 0.321. The van der Waals surface area contributed by atoms with Crippen LogP contribution in [0.5, 0.6) is 28.7 Å². The third-order valence-electron chi connectivity index (χ3n) is 7.87. The number of methoxy groups -OCH3 is 1. The number of carbonyl (C=O) groups is 2. The lowest BCUT2D eigenvalue weighted by molar-refractivity contribution is -0.145. The van der Waals surface area contributed by atoms with Crippen molar-refractivity contribution in [2.24, 2.45) is 0 Å². The molecule has 10 nitrogen and oxygen atoms in total. The van der Waals surface area contributed by atoms with Gasteiger partial charge in [-0.25, -0.2) is 9.59 Å². The van der Waals surface area contributed by atoms with Gasteiger partial charge in [0, 0.05) is 34.5 Å². The van der Waals surface area contributed by atoms with Gasteiger partial charge in [0.1, 0.15) is 42.8 Å². The number of esters is 2. The van der Waals surface area contributed by atoms with Gasteiger partial charge < -0.3 is 38.1 Å². The first-order valence-corrected chi connectivity index (χ1v) is 15.9. The summed E-state index contributed by atoms with van der Waals surface area (Å²) in [5, 5.41) is 0.771. The molecule has 0 spiro atoms. The van der Waals surface area contributed by atoms with Crippen molar-refractivity contribution in [3.05, 3.63) is 101 Å². The highest BCUT2D eigenvalue weighted by Crippen LogP contribution is 2.43. The third-order valence-corrected chi connectivity index (χ3v) is 7.87. The van der Waals surface area contributed by atoms with Crippen molar-refractivity contribution in [2.45, 2.75) is 26.9 Å². The topological polar surface area (TPSA) is 115 Å². The molecule has 1 aliphatic rings. The summed E-state index contributed by atoms with van der Waals surface area (Å²) in [7, 11) is 1.57. The van der Waals surface area contributed by atoms with Gasteiger partial charge in [-0.3, -0.25) is 0 Å². The predicted octanol–water partition coefficient (Wildman–Crippen LogP) is 6.90. The Labute approximate surface area is 278 Å². The smallest absolute Gasteiger partial charge is 0.355 e. The standard InChI is InChI=1S/C38H37NO9/c1-4-43-34(40)23-48-32-21-27(42-3)13-11-25(32)19-28-30(47-22-24-9-7-6-8-10-24)16-14-29-36(28)35(37(39-29)38(41)44-5-2)26-12-15-31-33(20-26)46-18-17-45-31/h6-16,20-21,39H,4-5,17-19,22-23H2,1-3H3. The fraction of sp³-hybridized carbons (Fsp3) is 0.263. The summed E-state index contributed by atoms with van der Waals surface area (Å²) in [4.78, 5) is 29.0. The van der Waals surface area contributed by atoms with Crippen LogP contribution >= 0.6 is 0 Å². The Morgan fingerprint density at radius 2 is 1.60 bits per heavy atom. The Kier molecular flexibility index (Phi) is 9.99. The molecule has 0 saturated carbocycles. The van der Waals surface area contributed by atoms with Crippen LogP contribution in [-0.4, -0.2) is 57.1 Å². The zero-order valence-electron chi connectivity index (χ0n) is 27.1. The number of rotatable bonds is 13. The number of benzene rings is 4. The highest BCUT2D eigenvalue weighted by Gasteiger charge is 2.26. The molecule has 4 aromatic carbocycles. The summed E-state index contributed by atoms with van der Waals surface area (Å²) in [6, 6.07) is 24.8. The van der Waals surface area contributed by atoms with Crippen LogP contribution in [0.3, 0.4) is 0 Å². The van der Waals surface area contributed by atoms with Gasteiger partial charge >= 0.3 is 11.9 Å². The van der Waals surface area contributed by atoms with E-state index in [0.717, 1.165) is 27.6 Å². The van der Waals surface area contributed by atoms with Crippen LogP contribution in [0.1, 0.15) is 41.0 Å². The van der Waals surface area contributed by atoms with E-state index >= 15 is 0 Å². The first-order valence-electron chi connectivity index (χ1n) is 15.9. The molecule has 0 amide bonds. The number of ether oxygens (including phenoxy) is 7. The maximum atomic E-state index is 13.5. The minimum Gasteiger partial charge on any atom is -0.497 e. The van der Waals surface area contributed by atoms with E-state index in [1.54, 1.807) is 27.0 Å². The minimum atomic E-state index is -0.487. The lowest BCUT2D eigenvalue weighted by Gasteiger charge is -2.20. The normalized spacial score (nSPS) is 12.0. The fourth-order valence-electron chi connectivity index (χ4n) is 5.70. The lowest BCUT2D eigenvalue weighted by Crippen LogP contribution is -2.15. The first kappa shape index (κ1) is 32.3. The van der Waals surface area contributed by atoms with E-state index in [4.69, 9.17) is 33.2 Å². The van der Waals surface area contributed by atoms with Crippen molar-refractivity contribution in [1.29, 1.82) is 0 Å². The summed E-state index contributed by atoms with van der Waals surface area (Å²) in [6.45, 7) is 4.90. The lowest BCUT2D eigenvalue weighted by atomic mass is 9.93. The second-order valence-electron chi connectivity index (χ2n) is 10.9. The van der Waals surface area contributed by atoms with Gasteiger partial charge in [0.15, 0.2) is 18.1 Å². The van der Waals surface area contributed by atoms with Crippen LogP contribution in [0.4, 0.5) is 0 Å². The van der Waals surface area contributed by atoms with Crippen LogP contribution in [0.2, 0.25) is 0 Å². The number of aromatic nitrogens is 1. The summed E-state index contributed by atoms with van der Waals surface area (Å²) < 4.78 is 40.3. The number of hydrogen-bond donors (Lipinski definition) is 1. The fourth-order valence-corrected chi connectivity index (χ4v) is 5.70. The third kappa shape index (κ3) is 7.02. The van der Waals surface area contributed by atoms with E-state index in [9.17, 15) is 9.59 Å². The van der Waals surface area contributed by atoms with Crippen LogP contribution in [0.15, 0.2) is 78.9 Å². The first-order chi connectivity index (χ1) is 23.5. The number of carbonyl (C=O) groups excluding carboxylic acids is 2. The molecule has 10 heteroatoms. The van der Waals surface area contributed by atoms with Gasteiger partial charge in [0.25, 0.3) is 0 Å². The van der Waals surface area contributed by atoms with Gasteiger partial charge in [-0.15, -0.1) is 0 Å². The average molecular weight is 652 g/mol. The summed E-state index contributed by atoms with van der Waals surface area (Å²) >= 11 is 0. The quantitative estimate of drug-likeness (QED) is 0.136. The minimum absolute atomic E-state index is 0.208. The SMILES string of the molecule is CCOC(=O)COc1cc(OC)ccc1Cc1c(OCc2ccccc2)ccc2[nH]c(C(=O)OCC)c(-c3ccc4c(c3)OCCO4)c12. The van der Waals surface area contributed by atoms with E-state index in [1.165, 1.54) is 0 Å². The molecule has 1 aliphatic heterocycles. The van der Waals surface area contributed by atoms with Crippen molar-refractivity contribution in [1.82, 2.24) is 4.98 Å². The van der Waals surface area contributed by atoms with Gasteiger partial charge in [-0.2, -0.15) is 0 Å². The van der Waals surface area contributed by atoms with E-state index < -0.39 is 11.9 Å². The Hall–Kier alpha value is -5.64. The van der Waals surface area contributed by atoms with E-state index in [0.29, 0.717) is 71.8 Å². The maximum absolute atomic E-state index is 13.5. The van der Waals surface area contributed by atoms with Gasteiger partial charge in [-0.1, -0.05) is 42.5 Å². The molecule has 0 saturated heterocycles. The van der Waals surface area contributed by atoms with Crippen LogP contribution < -0.4 is 23.7 Å². The largest absolute Gasteiger partial charge is 0.497 e. The molecule has 6 rings (SSSR count). The van der Waals surface area contributed by atoms with Crippen molar-refractivity contribution in [3.8, 4) is 39.9 Å². The molecule has 0 radical (unpaired) electrons. The Balaban J connectivity index is 1.53. The van der Waals surface area contributed by atoms with Crippen LogP contribution in [0, 0.1) is 0 Å². The van der Waals surface area contributed by atoms with Gasteiger partial charge in [-0.05, 0) is 60.9 Å². The average Bonchev–Trinajstić information content (AvgIpc) is 3.51. The van der Waals surface area contributed by atoms with Crippen molar-refractivity contribution >= 4 is 22.8 Å². The summed E-state index contributed by atoms with van der Waals surface area (Å²) in [5.41, 5.74) is 4.97. The number of fused-ring (bicyclic) bond motifs is 2. The van der Waals surface area contributed by atoms with E-state index in [-0.39, 0.29) is 19.8 Å². The summed E-state index contributed by atoms with van der Waals surface area (Å²) in [5.74, 6) is 1.90. The Morgan fingerprint density at radius 3 is 2.38 bits per heavy atom. The van der Waals surface area contributed by atoms with Gasteiger partial charge in [0.05, 0.1) is 20.3 Å². The molecular formula is C38H37NO9. The molecular weight excluding hydrogens is 614 g/mol. The number of H-pyrrole nitrogens is 1. The molecule has 1 aromatic heterocycles. The molecule has 0 fully saturated rings. The Morgan fingerprint density at radius 1 is 0.812 bits per heavy atom. The number of nitrogens with one attached hydrogen (secondary N) is 1. The van der Waals surface area contributed by atoms with Crippen LogP contribution in [0.25, 0.3) is 22.0 Å². The molecule has 5 aromatic rings. The molecule has 0 aliphatic carbocycles. The molecule has 0 atom stereocenters. The van der Waals surface area contributed by atoms with Crippen molar-refractivity contribution in [2.75, 3.05) is 40.1 Å². The molecule has 0 unspecified atom stereocenters. The van der Waals surface area contributed by atoms with Crippen molar-refractivity contribution in [3.63, 3.8) is 0 Å². The second-order valence-corrected chi connectivity index (χ2v) is 10.9. The number of aromatic amines is 1. The second kappa shape index (κ2) is 14.8. The zero-order valence-corrected chi connectivity index (χ0v) is 27.1. The molecule has 1 N–H and O–H groups in total. The highest BCUT2D eigenvalue weighted by molar-refractivity contribution is 6.10. The van der Waals surface area contributed by atoms with E-state index in [1.807, 2.05) is 72.8 Å². The van der Waals surface area contributed by atoms with E-state index in [2.05, 4.69) is 4.98 Å². The highest BCUT2D eigenvalue weighted by atomic mass is 16.6. The molecule has 48 heavy (non-hydrogen) atoms. The Bertz CT molecular complexity index is 1920. The molecule has 0 bridgehead atoms. The zero-order chi connectivity index (χ0) is 33.5. The van der Waals surface area contributed by atoms with Gasteiger partial charge in [0.2, 0.25) is 0 Å². The maximum Gasteiger partial charge on any atom is 0.355 e.